The maximum atomic E-state index is 15.9. The number of aryl methyl sites for hydroxylation is 1. The van der Waals surface area contributed by atoms with E-state index >= 15 is 4.39 Å². The minimum absolute atomic E-state index is 0.268. The number of hydrogen-bond donors (Lipinski definition) is 2. The fourth-order valence-corrected chi connectivity index (χ4v) is 4.72. The summed E-state index contributed by atoms with van der Waals surface area (Å²) in [5.41, 5.74) is 2.15. The third-order valence-corrected chi connectivity index (χ3v) is 6.38. The summed E-state index contributed by atoms with van der Waals surface area (Å²) >= 11 is 0. The first-order valence-electron chi connectivity index (χ1n) is 13.4. The van der Waals surface area contributed by atoms with Gasteiger partial charge in [0.05, 0.1) is 41.5 Å². The molecule has 0 bridgehead atoms. The molecule has 2 aromatic heterocycles. The van der Waals surface area contributed by atoms with E-state index in [9.17, 15) is 9.59 Å². The topological polar surface area (TPSA) is 107 Å². The Balaban J connectivity index is 1.75. The van der Waals surface area contributed by atoms with Gasteiger partial charge < -0.3 is 29.1 Å². The van der Waals surface area contributed by atoms with Crippen molar-refractivity contribution in [1.82, 2.24) is 19.9 Å². The summed E-state index contributed by atoms with van der Waals surface area (Å²) < 4.78 is 34.1. The number of benzene rings is 2. The number of methoxy groups -OCH3 is 1. The van der Waals surface area contributed by atoms with Gasteiger partial charge in [-0.1, -0.05) is 25.5 Å². The molecular weight excluding hydrogens is 515 g/mol. The van der Waals surface area contributed by atoms with Gasteiger partial charge in [-0.15, -0.1) is 0 Å². The van der Waals surface area contributed by atoms with Gasteiger partial charge >= 0.3 is 12.1 Å². The number of alkyl carbamates (subject to hydrolysis) is 1. The molecule has 0 saturated carbocycles. The molecule has 1 atom stereocenters. The van der Waals surface area contributed by atoms with Crippen molar-refractivity contribution in [3.8, 4) is 17.3 Å². The second kappa shape index (κ2) is 11.2. The molecule has 214 valence electrons. The van der Waals surface area contributed by atoms with Gasteiger partial charge in [0.1, 0.15) is 16.9 Å². The molecule has 9 nitrogen and oxygen atoms in total. The Bertz CT molecular complexity index is 1560. The van der Waals surface area contributed by atoms with Crippen LogP contribution in [0.1, 0.15) is 76.3 Å². The van der Waals surface area contributed by atoms with E-state index in [0.717, 1.165) is 6.42 Å². The number of fused-ring (bicyclic) bond motifs is 2. The monoisotopic (exact) mass is 552 g/mol. The molecule has 1 unspecified atom stereocenters. The fraction of sp³-hybridized carbons (Fsp3) is 0.433. The van der Waals surface area contributed by atoms with Crippen LogP contribution in [0.15, 0.2) is 30.3 Å². The number of ether oxygens (including phenoxy) is 3. The van der Waals surface area contributed by atoms with Crippen molar-refractivity contribution in [3.05, 3.63) is 47.3 Å². The van der Waals surface area contributed by atoms with Gasteiger partial charge in [-0.25, -0.2) is 19.0 Å². The first-order chi connectivity index (χ1) is 18.8. The number of esters is 1. The van der Waals surface area contributed by atoms with E-state index in [1.807, 2.05) is 30.7 Å². The van der Waals surface area contributed by atoms with E-state index in [4.69, 9.17) is 19.2 Å². The van der Waals surface area contributed by atoms with Gasteiger partial charge in [-0.2, -0.15) is 0 Å². The lowest BCUT2D eigenvalue weighted by molar-refractivity contribution is 0.0376. The maximum Gasteiger partial charge on any atom is 0.408 e. The number of carbonyl (C=O) groups is 2. The standard InChI is InChI=1S/C30H37FN4O5/c1-9-10-20(34-29(37)40-30(4,5)6)19-12-11-17-13-22(32-25(17)24(19)31)27-33-21-14-18(28(36)39-16(2)3)15-23(38-8)26(21)35(27)7/h11-16,20,32H,9-10H2,1-8H3,(H,34,37). The predicted octanol–water partition coefficient (Wildman–Crippen LogP) is 6.80. The van der Waals surface area contributed by atoms with Crippen molar-refractivity contribution >= 4 is 34.0 Å². The highest BCUT2D eigenvalue weighted by Gasteiger charge is 2.25. The van der Waals surface area contributed by atoms with Gasteiger partial charge in [-0.3, -0.25) is 0 Å². The number of carbonyl (C=O) groups excluding carboxylic acids is 2. The van der Waals surface area contributed by atoms with Crippen LogP contribution in [0, 0.1) is 5.82 Å². The van der Waals surface area contributed by atoms with Gasteiger partial charge in [0, 0.05) is 18.0 Å². The second-order valence-electron chi connectivity index (χ2n) is 11.1. The van der Waals surface area contributed by atoms with E-state index in [-0.39, 0.29) is 6.10 Å². The SMILES string of the molecule is CCCC(NC(=O)OC(C)(C)C)c1ccc2cc(-c3nc4cc(C(=O)OC(C)C)cc(OC)c4n3C)[nH]c2c1F. The fourth-order valence-electron chi connectivity index (χ4n) is 4.72. The van der Waals surface area contributed by atoms with Crippen molar-refractivity contribution in [2.45, 2.75) is 72.1 Å². The normalized spacial score (nSPS) is 12.7. The Hall–Kier alpha value is -4.08. The zero-order chi connectivity index (χ0) is 29.4. The number of halogens is 1. The van der Waals surface area contributed by atoms with Crippen LogP contribution >= 0.6 is 0 Å². The van der Waals surface area contributed by atoms with Crippen molar-refractivity contribution < 1.29 is 28.2 Å². The molecule has 10 heteroatoms. The highest BCUT2D eigenvalue weighted by molar-refractivity contribution is 5.97. The van der Waals surface area contributed by atoms with E-state index in [1.165, 1.54) is 7.11 Å². The molecule has 40 heavy (non-hydrogen) atoms. The predicted molar refractivity (Wildman–Crippen MR) is 152 cm³/mol. The molecule has 0 aliphatic rings. The first kappa shape index (κ1) is 28.9. The Morgan fingerprint density at radius 1 is 1.18 bits per heavy atom. The molecule has 0 spiro atoms. The lowest BCUT2D eigenvalue weighted by Gasteiger charge is -2.24. The van der Waals surface area contributed by atoms with Gasteiger partial charge in [0.15, 0.2) is 11.6 Å². The van der Waals surface area contributed by atoms with Crippen LogP contribution in [0.25, 0.3) is 33.5 Å². The lowest BCUT2D eigenvalue weighted by Crippen LogP contribution is -2.35. The summed E-state index contributed by atoms with van der Waals surface area (Å²) in [5.74, 6) is 0.0871. The zero-order valence-electron chi connectivity index (χ0n) is 24.3. The third-order valence-electron chi connectivity index (χ3n) is 6.38. The van der Waals surface area contributed by atoms with Crippen LogP contribution in [0.5, 0.6) is 5.75 Å². The average molecular weight is 553 g/mol. The average Bonchev–Trinajstić information content (AvgIpc) is 3.43. The van der Waals surface area contributed by atoms with Gasteiger partial charge in [0.25, 0.3) is 0 Å². The molecule has 0 saturated heterocycles. The Morgan fingerprint density at radius 3 is 2.52 bits per heavy atom. The van der Waals surface area contributed by atoms with Crippen molar-refractivity contribution in [1.29, 1.82) is 0 Å². The summed E-state index contributed by atoms with van der Waals surface area (Å²) in [6, 6.07) is 8.06. The zero-order valence-corrected chi connectivity index (χ0v) is 24.3. The molecule has 1 amide bonds. The molecule has 2 N–H and O–H groups in total. The van der Waals surface area contributed by atoms with Crippen molar-refractivity contribution in [3.63, 3.8) is 0 Å². The van der Waals surface area contributed by atoms with Gasteiger partial charge in [-0.05, 0) is 59.2 Å². The minimum Gasteiger partial charge on any atom is -0.494 e. The number of H-pyrrole nitrogens is 1. The number of amides is 1. The van der Waals surface area contributed by atoms with Crippen LogP contribution in [-0.4, -0.2) is 45.4 Å². The number of rotatable bonds is 8. The molecule has 0 aliphatic carbocycles. The number of hydrogen-bond acceptors (Lipinski definition) is 6. The van der Waals surface area contributed by atoms with E-state index in [2.05, 4.69) is 10.3 Å². The van der Waals surface area contributed by atoms with Crippen LogP contribution in [-0.2, 0) is 16.5 Å². The first-order valence-corrected chi connectivity index (χ1v) is 13.4. The minimum atomic E-state index is -0.665. The van der Waals surface area contributed by atoms with Gasteiger partial charge in [0.2, 0.25) is 0 Å². The maximum absolute atomic E-state index is 15.9. The molecule has 4 rings (SSSR count). The van der Waals surface area contributed by atoms with E-state index in [1.54, 1.807) is 52.8 Å². The highest BCUT2D eigenvalue weighted by Crippen LogP contribution is 2.34. The number of aromatic amines is 1. The second-order valence-corrected chi connectivity index (χ2v) is 11.1. The summed E-state index contributed by atoms with van der Waals surface area (Å²) in [6.07, 6.45) is 0.419. The molecular formula is C30H37FN4O5. The number of nitrogens with one attached hydrogen (secondary N) is 2. The quantitative estimate of drug-likeness (QED) is 0.233. The van der Waals surface area contributed by atoms with Crippen molar-refractivity contribution in [2.75, 3.05) is 7.11 Å². The smallest absolute Gasteiger partial charge is 0.408 e. The summed E-state index contributed by atoms with van der Waals surface area (Å²) in [7, 11) is 3.35. The Morgan fingerprint density at radius 2 is 1.90 bits per heavy atom. The third kappa shape index (κ3) is 5.90. The van der Waals surface area contributed by atoms with Crippen LogP contribution in [0.3, 0.4) is 0 Å². The molecule has 0 fully saturated rings. The molecule has 2 aromatic carbocycles. The summed E-state index contributed by atoms with van der Waals surface area (Å²) in [5, 5.41) is 3.47. The molecule has 0 radical (unpaired) electrons. The van der Waals surface area contributed by atoms with Crippen LogP contribution < -0.4 is 10.1 Å². The summed E-state index contributed by atoms with van der Waals surface area (Å²) in [6.45, 7) is 10.9. The molecule has 4 aromatic rings. The largest absolute Gasteiger partial charge is 0.494 e. The van der Waals surface area contributed by atoms with E-state index < -0.39 is 29.5 Å². The Labute approximate surface area is 233 Å². The van der Waals surface area contributed by atoms with Crippen LogP contribution in [0.4, 0.5) is 9.18 Å². The lowest BCUT2D eigenvalue weighted by atomic mass is 10.0. The highest BCUT2D eigenvalue weighted by atomic mass is 19.1. The summed E-state index contributed by atoms with van der Waals surface area (Å²) in [4.78, 5) is 32.9. The number of aromatic nitrogens is 3. The number of nitrogens with zero attached hydrogens (tertiary/aromatic N) is 2. The Kier molecular flexibility index (Phi) is 8.09. The molecule has 2 heterocycles. The molecule has 0 aliphatic heterocycles. The van der Waals surface area contributed by atoms with Crippen molar-refractivity contribution in [2.24, 2.45) is 7.05 Å². The van der Waals surface area contributed by atoms with E-state index in [0.29, 0.717) is 56.8 Å². The van der Waals surface area contributed by atoms with Crippen LogP contribution in [0.2, 0.25) is 0 Å². The number of imidazole rings is 1.